The molecule has 0 aromatic carbocycles. The zero-order valence-electron chi connectivity index (χ0n) is 35.7. The maximum atomic E-state index is 12.9. The first-order valence-electron chi connectivity index (χ1n) is 20.3. The van der Waals surface area contributed by atoms with Crippen LogP contribution in [0.1, 0.15) is 80.0 Å². The van der Waals surface area contributed by atoms with Gasteiger partial charge in [-0.25, -0.2) is 0 Å². The number of carbonyl (C=O) groups excluding carboxylic acids is 4. The average Bonchev–Trinajstić information content (AvgIpc) is 3.25. The lowest BCUT2D eigenvalue weighted by Crippen LogP contribution is -2.40. The number of aromatic nitrogens is 4. The molecule has 0 saturated carbocycles. The summed E-state index contributed by atoms with van der Waals surface area (Å²) in [5.74, 6) is -5.18. The number of nitrogens with one attached hydrogen (secondary N) is 4. The van der Waals surface area contributed by atoms with E-state index in [2.05, 4.69) is 21.3 Å². The number of aromatic hydroxyl groups is 4. The molecule has 0 spiro atoms. The maximum Gasteiger partial charge on any atom is 0.293 e. The summed E-state index contributed by atoms with van der Waals surface area (Å²) in [4.78, 5) is 102. The van der Waals surface area contributed by atoms with E-state index in [0.29, 0.717) is 58.2 Å². The highest BCUT2D eigenvalue weighted by molar-refractivity contribution is 5.98. The second-order valence-corrected chi connectivity index (χ2v) is 15.1. The largest absolute Gasteiger partial charge is 0.502 e. The van der Waals surface area contributed by atoms with Gasteiger partial charge in [0.1, 0.15) is 0 Å². The fourth-order valence-electron chi connectivity index (χ4n) is 6.75. The van der Waals surface area contributed by atoms with Crippen molar-refractivity contribution in [2.45, 2.75) is 38.5 Å². The van der Waals surface area contributed by atoms with Crippen molar-refractivity contribution in [3.63, 3.8) is 0 Å². The summed E-state index contributed by atoms with van der Waals surface area (Å²) in [5.41, 5.74) is -3.53. The van der Waals surface area contributed by atoms with Crippen LogP contribution in [0, 0.1) is 5.92 Å². The van der Waals surface area contributed by atoms with E-state index in [1.54, 1.807) is 0 Å². The summed E-state index contributed by atoms with van der Waals surface area (Å²) < 4.78 is 4.57. The van der Waals surface area contributed by atoms with Gasteiger partial charge in [-0.2, -0.15) is 0 Å². The van der Waals surface area contributed by atoms with Crippen molar-refractivity contribution in [1.29, 1.82) is 0 Å². The van der Waals surface area contributed by atoms with Gasteiger partial charge >= 0.3 is 0 Å². The summed E-state index contributed by atoms with van der Waals surface area (Å²) in [6.07, 6.45) is 9.14. The number of rotatable bonds is 22. The lowest BCUT2D eigenvalue weighted by Gasteiger charge is -2.24. The first kappa shape index (κ1) is 48.5. The summed E-state index contributed by atoms with van der Waals surface area (Å²) in [7, 11) is 5.77. The molecule has 21 nitrogen and oxygen atoms in total. The minimum Gasteiger partial charge on any atom is -0.502 e. The van der Waals surface area contributed by atoms with Gasteiger partial charge in [-0.3, -0.25) is 43.3 Å². The van der Waals surface area contributed by atoms with Crippen LogP contribution in [0.5, 0.6) is 23.0 Å². The fraction of sp³-hybridized carbons (Fsp3) is 0.429. The summed E-state index contributed by atoms with van der Waals surface area (Å²) in [6.45, 7) is 1.78. The molecule has 4 aromatic heterocycles. The van der Waals surface area contributed by atoms with Gasteiger partial charge in [-0.15, -0.1) is 0 Å². The number of amides is 4. The van der Waals surface area contributed by atoms with Crippen LogP contribution in [0.2, 0.25) is 0 Å². The molecule has 4 rings (SSSR count). The van der Waals surface area contributed by atoms with Crippen LogP contribution in [0.3, 0.4) is 0 Å². The number of hydrogen-bond donors (Lipinski definition) is 8. The molecule has 4 amide bonds. The predicted molar refractivity (Wildman–Crippen MR) is 230 cm³/mol. The molecular formula is C42H55N9O12. The molecule has 340 valence electrons. The molecule has 1 atom stereocenters. The Labute approximate surface area is 361 Å². The summed E-state index contributed by atoms with van der Waals surface area (Å²) in [6, 6.07) is 5.34. The molecule has 4 aromatic rings. The Morgan fingerprint density at radius 3 is 1.14 bits per heavy atom. The quantitative estimate of drug-likeness (QED) is 0.0467. The van der Waals surface area contributed by atoms with Gasteiger partial charge < -0.3 is 60.0 Å². The Morgan fingerprint density at radius 2 is 0.778 bits per heavy atom. The highest BCUT2D eigenvalue weighted by Crippen LogP contribution is 2.20. The third-order valence-corrected chi connectivity index (χ3v) is 10.6. The fourth-order valence-corrected chi connectivity index (χ4v) is 6.75. The van der Waals surface area contributed by atoms with Crippen LogP contribution in [0.15, 0.2) is 68.2 Å². The van der Waals surface area contributed by atoms with E-state index in [0.717, 1.165) is 18.3 Å². The topological polar surface area (TPSA) is 289 Å². The van der Waals surface area contributed by atoms with Crippen molar-refractivity contribution in [2.75, 3.05) is 45.8 Å². The SMILES string of the molecule is Cn1ccc(C(=O)NCCCC(CCCCN(CCNC(=O)c2ccn(C)c(=O)c2O)CCNC(=O)c2ccn(C)c(=O)c2O)CCNC(=O)c2ccn(C)c(=O)c2O)c(O)c1=O. The minimum absolute atomic E-state index is 0.0291. The van der Waals surface area contributed by atoms with Crippen molar-refractivity contribution in [3.05, 3.63) is 113 Å². The van der Waals surface area contributed by atoms with Crippen molar-refractivity contribution in [3.8, 4) is 23.0 Å². The van der Waals surface area contributed by atoms with Crippen molar-refractivity contribution < 1.29 is 39.6 Å². The third kappa shape index (κ3) is 12.9. The molecule has 63 heavy (non-hydrogen) atoms. The Balaban J connectivity index is 1.38. The molecule has 1 unspecified atom stereocenters. The molecule has 8 N–H and O–H groups in total. The zero-order valence-corrected chi connectivity index (χ0v) is 35.7. The molecule has 0 bridgehead atoms. The molecule has 0 aliphatic rings. The van der Waals surface area contributed by atoms with Gasteiger partial charge in [0, 0.05) is 92.2 Å². The molecule has 0 aliphatic heterocycles. The second kappa shape index (κ2) is 22.6. The highest BCUT2D eigenvalue weighted by atomic mass is 16.3. The van der Waals surface area contributed by atoms with E-state index < -0.39 is 68.9 Å². The molecular weight excluding hydrogens is 823 g/mol. The predicted octanol–water partition coefficient (Wildman–Crippen LogP) is -0.418. The van der Waals surface area contributed by atoms with Crippen molar-refractivity contribution >= 4 is 23.6 Å². The van der Waals surface area contributed by atoms with Gasteiger partial charge in [0.2, 0.25) is 0 Å². The van der Waals surface area contributed by atoms with Crippen molar-refractivity contribution in [1.82, 2.24) is 44.4 Å². The molecule has 0 radical (unpaired) electrons. The molecule has 0 saturated heterocycles. The number of hydrogen-bond acceptors (Lipinski definition) is 13. The normalized spacial score (nSPS) is 11.6. The van der Waals surface area contributed by atoms with Gasteiger partial charge in [0.15, 0.2) is 23.0 Å². The third-order valence-electron chi connectivity index (χ3n) is 10.6. The number of carbonyl (C=O) groups is 4. The van der Waals surface area contributed by atoms with Crippen LogP contribution in [0.25, 0.3) is 0 Å². The van der Waals surface area contributed by atoms with Gasteiger partial charge in [0.25, 0.3) is 45.9 Å². The number of aryl methyl sites for hydroxylation is 4. The van der Waals surface area contributed by atoms with Crippen LogP contribution in [-0.4, -0.2) is 113 Å². The summed E-state index contributed by atoms with van der Waals surface area (Å²) in [5, 5.41) is 51.7. The van der Waals surface area contributed by atoms with E-state index in [-0.39, 0.29) is 54.4 Å². The Kier molecular flexibility index (Phi) is 17.4. The second-order valence-electron chi connectivity index (χ2n) is 15.1. The van der Waals surface area contributed by atoms with E-state index in [9.17, 15) is 58.8 Å². The maximum absolute atomic E-state index is 12.9. The molecule has 21 heteroatoms. The molecule has 0 fully saturated rings. The number of unbranched alkanes of at least 4 members (excludes halogenated alkanes) is 1. The van der Waals surface area contributed by atoms with E-state index in [4.69, 9.17) is 0 Å². The first-order chi connectivity index (χ1) is 29.9. The monoisotopic (exact) mass is 877 g/mol. The minimum atomic E-state index is -0.726. The zero-order chi connectivity index (χ0) is 46.4. The standard InChI is InChI=1S/C42H55N9O12/c1-47-20-11-27(31(52)39(47)60)35(56)43-15-7-9-26(10-16-44-36(57)28-12-21-48(2)40(61)32(28)53)8-5-6-19-51(24-17-45-37(58)29-13-22-49(3)41(62)33(29)54)25-18-46-38(59)30-14-23-50(4)42(63)34(30)55/h11-14,20-23,26,52-55H,5-10,15-19,24-25H2,1-4H3,(H,43,56)(H,44,57)(H,45,58)(H,46,59). The summed E-state index contributed by atoms with van der Waals surface area (Å²) >= 11 is 0. The van der Waals surface area contributed by atoms with Crippen LogP contribution >= 0.6 is 0 Å². The lowest BCUT2D eigenvalue weighted by molar-refractivity contribution is 0.0933. The number of pyridine rings is 4. The molecule has 4 heterocycles. The lowest BCUT2D eigenvalue weighted by atomic mass is 9.93. The van der Waals surface area contributed by atoms with Gasteiger partial charge in [-0.1, -0.05) is 12.8 Å². The Morgan fingerprint density at radius 1 is 0.460 bits per heavy atom. The van der Waals surface area contributed by atoms with Crippen LogP contribution < -0.4 is 43.5 Å². The van der Waals surface area contributed by atoms with Gasteiger partial charge in [0.05, 0.1) is 22.3 Å². The van der Waals surface area contributed by atoms with Crippen molar-refractivity contribution in [2.24, 2.45) is 34.1 Å². The highest BCUT2D eigenvalue weighted by Gasteiger charge is 2.20. The van der Waals surface area contributed by atoms with E-state index >= 15 is 0 Å². The first-order valence-corrected chi connectivity index (χ1v) is 20.3. The number of nitrogens with zero attached hydrogens (tertiary/aromatic N) is 5. The molecule has 0 aliphatic carbocycles. The smallest absolute Gasteiger partial charge is 0.293 e. The van der Waals surface area contributed by atoms with Crippen LogP contribution in [0.4, 0.5) is 0 Å². The Bertz CT molecular complexity index is 2460. The van der Waals surface area contributed by atoms with E-state index in [1.165, 1.54) is 77.2 Å². The van der Waals surface area contributed by atoms with E-state index in [1.807, 2.05) is 4.90 Å². The Hall–Kier alpha value is -7.16. The van der Waals surface area contributed by atoms with Crippen LogP contribution in [-0.2, 0) is 28.2 Å². The average molecular weight is 878 g/mol. The van der Waals surface area contributed by atoms with Gasteiger partial charge in [-0.05, 0) is 62.4 Å².